The Labute approximate surface area is 132 Å². The van der Waals surface area contributed by atoms with Crippen LogP contribution in [0.2, 0.25) is 0 Å². The van der Waals surface area contributed by atoms with E-state index in [0.717, 1.165) is 18.4 Å². The largest absolute Gasteiger partial charge is 0.352 e. The Morgan fingerprint density at radius 3 is 2.27 bits per heavy atom. The molecule has 1 amide bonds. The maximum Gasteiger partial charge on any atom is 0.227 e. The highest BCUT2D eigenvalue weighted by atomic mass is 16.2. The number of carbonyl (C=O) groups excluding carboxylic acids is 2. The highest BCUT2D eigenvalue weighted by molar-refractivity contribution is 5.99. The predicted molar refractivity (Wildman–Crippen MR) is 86.2 cm³/mol. The van der Waals surface area contributed by atoms with Gasteiger partial charge in [-0.3, -0.25) is 9.59 Å². The van der Waals surface area contributed by atoms with Gasteiger partial charge < -0.3 is 5.32 Å². The minimum Gasteiger partial charge on any atom is -0.352 e. The van der Waals surface area contributed by atoms with Crippen LogP contribution in [0.25, 0.3) is 0 Å². The number of ketones is 1. The topological polar surface area (TPSA) is 46.2 Å². The Balaban J connectivity index is 1.78. The molecule has 22 heavy (non-hydrogen) atoms. The zero-order valence-electron chi connectivity index (χ0n) is 14.0. The van der Waals surface area contributed by atoms with E-state index in [0.29, 0.717) is 13.0 Å². The van der Waals surface area contributed by atoms with Crippen molar-refractivity contribution in [3.63, 3.8) is 0 Å². The van der Waals surface area contributed by atoms with Crippen molar-refractivity contribution in [1.29, 1.82) is 0 Å². The van der Waals surface area contributed by atoms with Crippen LogP contribution in [0.15, 0.2) is 24.3 Å². The summed E-state index contributed by atoms with van der Waals surface area (Å²) in [7, 11) is 0. The van der Waals surface area contributed by atoms with Crippen molar-refractivity contribution >= 4 is 11.7 Å². The van der Waals surface area contributed by atoms with Gasteiger partial charge in [0.15, 0.2) is 0 Å². The molecule has 1 aromatic rings. The van der Waals surface area contributed by atoms with E-state index in [4.69, 9.17) is 0 Å². The van der Waals surface area contributed by atoms with Crippen LogP contribution in [0.3, 0.4) is 0 Å². The van der Waals surface area contributed by atoms with Crippen molar-refractivity contribution in [2.45, 2.75) is 53.5 Å². The number of fused-ring (bicyclic) bond motifs is 2. The van der Waals surface area contributed by atoms with E-state index in [1.807, 2.05) is 26.0 Å². The molecule has 0 spiro atoms. The third kappa shape index (κ3) is 1.81. The Hall–Kier alpha value is -1.64. The molecule has 3 rings (SSSR count). The van der Waals surface area contributed by atoms with Gasteiger partial charge in [0.05, 0.1) is 5.41 Å². The van der Waals surface area contributed by atoms with Gasteiger partial charge in [0.1, 0.15) is 5.78 Å². The lowest BCUT2D eigenvalue weighted by Crippen LogP contribution is -2.46. The van der Waals surface area contributed by atoms with Crippen LogP contribution in [-0.4, -0.2) is 11.7 Å². The molecule has 2 bridgehead atoms. The normalized spacial score (nSPS) is 32.3. The van der Waals surface area contributed by atoms with Crippen LogP contribution in [0.5, 0.6) is 0 Å². The summed E-state index contributed by atoms with van der Waals surface area (Å²) in [6.45, 7) is 8.80. The number of rotatable bonds is 3. The summed E-state index contributed by atoms with van der Waals surface area (Å²) in [5.74, 6) is 0.307. The number of hydrogen-bond acceptors (Lipinski definition) is 2. The first-order valence-electron chi connectivity index (χ1n) is 8.10. The summed E-state index contributed by atoms with van der Waals surface area (Å²) in [6.07, 6.45) is 2.05. The first-order valence-corrected chi connectivity index (χ1v) is 8.10. The van der Waals surface area contributed by atoms with Crippen LogP contribution in [0.1, 0.15) is 51.2 Å². The van der Waals surface area contributed by atoms with Crippen molar-refractivity contribution in [3.05, 3.63) is 35.4 Å². The van der Waals surface area contributed by atoms with Crippen LogP contribution in [-0.2, 0) is 16.1 Å². The molecule has 1 aromatic carbocycles. The molecule has 3 heteroatoms. The number of carbonyl (C=O) groups is 2. The smallest absolute Gasteiger partial charge is 0.227 e. The van der Waals surface area contributed by atoms with E-state index in [-0.39, 0.29) is 22.5 Å². The monoisotopic (exact) mass is 299 g/mol. The van der Waals surface area contributed by atoms with Crippen molar-refractivity contribution in [1.82, 2.24) is 5.32 Å². The molecular weight excluding hydrogens is 274 g/mol. The van der Waals surface area contributed by atoms with Crippen molar-refractivity contribution in [2.75, 3.05) is 0 Å². The lowest BCUT2D eigenvalue weighted by atomic mass is 9.64. The van der Waals surface area contributed by atoms with Crippen molar-refractivity contribution in [3.8, 4) is 0 Å². The van der Waals surface area contributed by atoms with Gasteiger partial charge in [-0.15, -0.1) is 0 Å². The lowest BCUT2D eigenvalue weighted by molar-refractivity contribution is -0.136. The average Bonchev–Trinajstić information content (AvgIpc) is 2.77. The summed E-state index contributed by atoms with van der Waals surface area (Å²) in [5.41, 5.74) is 1.17. The second-order valence-corrected chi connectivity index (χ2v) is 7.81. The second-order valence-electron chi connectivity index (χ2n) is 7.81. The zero-order chi connectivity index (χ0) is 16.2. The third-order valence-electron chi connectivity index (χ3n) is 6.71. The molecule has 1 N–H and O–H groups in total. The van der Waals surface area contributed by atoms with Crippen LogP contribution in [0, 0.1) is 23.2 Å². The molecule has 0 radical (unpaired) electrons. The summed E-state index contributed by atoms with van der Waals surface area (Å²) in [6, 6.07) is 8.18. The highest BCUT2D eigenvalue weighted by Crippen LogP contribution is 2.70. The number of benzene rings is 1. The summed E-state index contributed by atoms with van der Waals surface area (Å²) in [4.78, 5) is 25.3. The van der Waals surface area contributed by atoms with Gasteiger partial charge in [-0.1, -0.05) is 50.6 Å². The fourth-order valence-corrected chi connectivity index (χ4v) is 4.42. The van der Waals surface area contributed by atoms with Crippen LogP contribution in [0.4, 0.5) is 0 Å². The van der Waals surface area contributed by atoms with E-state index in [1.54, 1.807) is 0 Å². The number of aryl methyl sites for hydroxylation is 1. The Morgan fingerprint density at radius 1 is 1.14 bits per heavy atom. The first kappa shape index (κ1) is 15.3. The summed E-state index contributed by atoms with van der Waals surface area (Å²) >= 11 is 0. The van der Waals surface area contributed by atoms with Crippen LogP contribution >= 0.6 is 0 Å². The van der Waals surface area contributed by atoms with Gasteiger partial charge in [0, 0.05) is 18.4 Å². The first-order chi connectivity index (χ1) is 10.2. The molecule has 3 nitrogen and oxygen atoms in total. The molecule has 2 saturated carbocycles. The molecule has 0 saturated heterocycles. The molecule has 2 fully saturated rings. The average molecular weight is 299 g/mol. The van der Waals surface area contributed by atoms with E-state index < -0.39 is 5.41 Å². The zero-order valence-corrected chi connectivity index (χ0v) is 14.0. The minimum atomic E-state index is -0.524. The SMILES string of the molecule is Cc1ccc(CNC(=O)[C@@]23CC[C@](C)(C(=O)C2)C3(C)C)cc1. The number of hydrogen-bond donors (Lipinski definition) is 1. The number of amides is 1. The standard InChI is InChI=1S/C19H25NO2/c1-13-5-7-14(8-6-13)12-20-16(22)19-10-9-18(4,15(21)11-19)17(19,2)3/h5-8H,9-12H2,1-4H3,(H,20,22)/t18-,19-/m1/s1. The van der Waals surface area contributed by atoms with Gasteiger partial charge in [0.2, 0.25) is 5.91 Å². The molecule has 2 aliphatic rings. The van der Waals surface area contributed by atoms with Crippen molar-refractivity contribution < 1.29 is 9.59 Å². The predicted octanol–water partition coefficient (Wildman–Crippen LogP) is 3.40. The van der Waals surface area contributed by atoms with Gasteiger partial charge in [0.25, 0.3) is 0 Å². The summed E-state index contributed by atoms with van der Waals surface area (Å²) < 4.78 is 0. The molecule has 0 unspecified atom stereocenters. The van der Waals surface area contributed by atoms with E-state index in [2.05, 4.69) is 31.3 Å². The highest BCUT2D eigenvalue weighted by Gasteiger charge is 2.72. The van der Waals surface area contributed by atoms with E-state index >= 15 is 0 Å². The minimum absolute atomic E-state index is 0.0488. The van der Waals surface area contributed by atoms with Gasteiger partial charge in [-0.2, -0.15) is 0 Å². The molecule has 118 valence electrons. The van der Waals surface area contributed by atoms with Gasteiger partial charge in [-0.05, 0) is 30.7 Å². The molecular formula is C19H25NO2. The van der Waals surface area contributed by atoms with E-state index in [9.17, 15) is 9.59 Å². The molecule has 0 heterocycles. The molecule has 0 aromatic heterocycles. The third-order valence-corrected chi connectivity index (χ3v) is 6.71. The Morgan fingerprint density at radius 2 is 1.77 bits per heavy atom. The van der Waals surface area contributed by atoms with Crippen molar-refractivity contribution in [2.24, 2.45) is 16.2 Å². The maximum absolute atomic E-state index is 12.9. The van der Waals surface area contributed by atoms with Gasteiger partial charge in [-0.25, -0.2) is 0 Å². The fraction of sp³-hybridized carbons (Fsp3) is 0.579. The Bertz CT molecular complexity index is 631. The number of nitrogens with one attached hydrogen (secondary N) is 1. The van der Waals surface area contributed by atoms with Gasteiger partial charge >= 0.3 is 0 Å². The molecule has 2 aliphatic carbocycles. The summed E-state index contributed by atoms with van der Waals surface area (Å²) in [5, 5.41) is 3.08. The quantitative estimate of drug-likeness (QED) is 0.930. The second kappa shape index (κ2) is 4.68. The molecule has 0 aliphatic heterocycles. The van der Waals surface area contributed by atoms with E-state index in [1.165, 1.54) is 5.56 Å². The van der Waals surface area contributed by atoms with Crippen LogP contribution < -0.4 is 5.32 Å². The Kier molecular flexibility index (Phi) is 3.24. The maximum atomic E-state index is 12.9. The lowest BCUT2D eigenvalue weighted by Gasteiger charge is -2.38. The fourth-order valence-electron chi connectivity index (χ4n) is 4.42. The number of Topliss-reactive ketones (excluding diaryl/α,β-unsaturated/α-hetero) is 1. The molecule has 2 atom stereocenters.